The second-order valence-electron chi connectivity index (χ2n) is 7.47. The van der Waals surface area contributed by atoms with Crippen LogP contribution in [0.4, 0.5) is 10.1 Å². The van der Waals surface area contributed by atoms with Gasteiger partial charge in [0.2, 0.25) is 15.9 Å². The lowest BCUT2D eigenvalue weighted by molar-refractivity contribution is -0.114. The van der Waals surface area contributed by atoms with Crippen molar-refractivity contribution in [1.82, 2.24) is 14.4 Å². The van der Waals surface area contributed by atoms with Crippen LogP contribution in [0.1, 0.15) is 31.5 Å². The lowest BCUT2D eigenvalue weighted by Gasteiger charge is -2.29. The summed E-state index contributed by atoms with van der Waals surface area (Å²) in [6.07, 6.45) is 1.03. The Balaban J connectivity index is 1.44. The fourth-order valence-electron chi connectivity index (χ4n) is 3.59. The average Bonchev–Trinajstić information content (AvgIpc) is 3.25. The summed E-state index contributed by atoms with van der Waals surface area (Å²) >= 11 is 6.14. The van der Waals surface area contributed by atoms with Gasteiger partial charge in [0.15, 0.2) is 5.82 Å². The molecule has 0 bridgehead atoms. The van der Waals surface area contributed by atoms with Crippen molar-refractivity contribution in [2.75, 3.05) is 18.4 Å². The van der Waals surface area contributed by atoms with Crippen molar-refractivity contribution in [3.05, 3.63) is 59.1 Å². The maximum absolute atomic E-state index is 13.4. The Morgan fingerprint density at radius 2 is 1.97 bits per heavy atom. The number of nitrogens with one attached hydrogen (secondary N) is 1. The maximum Gasteiger partial charge on any atom is 0.258 e. The summed E-state index contributed by atoms with van der Waals surface area (Å²) in [5, 5.41) is 6.70. The largest absolute Gasteiger partial charge is 0.334 e. The molecule has 8 nitrogen and oxygen atoms in total. The zero-order valence-corrected chi connectivity index (χ0v) is 18.7. The molecule has 0 atom stereocenters. The second kappa shape index (κ2) is 8.97. The van der Waals surface area contributed by atoms with Crippen LogP contribution < -0.4 is 5.32 Å². The molecule has 0 aliphatic carbocycles. The summed E-state index contributed by atoms with van der Waals surface area (Å²) < 4.78 is 46.2. The van der Waals surface area contributed by atoms with E-state index in [-0.39, 0.29) is 40.7 Å². The van der Waals surface area contributed by atoms with E-state index < -0.39 is 15.8 Å². The van der Waals surface area contributed by atoms with Crippen molar-refractivity contribution in [1.29, 1.82) is 0 Å². The minimum Gasteiger partial charge on any atom is -0.334 e. The molecule has 1 aliphatic rings. The third-order valence-electron chi connectivity index (χ3n) is 5.22. The highest BCUT2D eigenvalue weighted by Crippen LogP contribution is 2.32. The van der Waals surface area contributed by atoms with Gasteiger partial charge in [0.25, 0.3) is 5.89 Å². The number of carbonyl (C=O) groups excluding carboxylic acids is 1. The highest BCUT2D eigenvalue weighted by Gasteiger charge is 2.32. The van der Waals surface area contributed by atoms with Gasteiger partial charge in [-0.3, -0.25) is 4.79 Å². The molecular formula is C21H20ClFN4O4S. The van der Waals surface area contributed by atoms with E-state index in [2.05, 4.69) is 15.5 Å². The van der Waals surface area contributed by atoms with E-state index in [1.54, 1.807) is 12.1 Å². The molecule has 168 valence electrons. The summed E-state index contributed by atoms with van der Waals surface area (Å²) in [5.41, 5.74) is 0.839. The maximum atomic E-state index is 13.4. The number of hydrogen-bond acceptors (Lipinski definition) is 6. The van der Waals surface area contributed by atoms with Gasteiger partial charge in [-0.05, 0) is 49.2 Å². The Morgan fingerprint density at radius 3 is 2.62 bits per heavy atom. The molecule has 1 saturated heterocycles. The molecule has 0 saturated carbocycles. The number of nitrogens with zero attached hydrogens (tertiary/aromatic N) is 3. The molecule has 2 heterocycles. The standard InChI is InChI=1S/C21H20ClFN4O4S/c1-13(28)24-19-6-5-17(12-18(19)22)32(29,30)27-9-7-14(8-10-27)20-25-21(31-26-20)15-3-2-4-16(23)11-15/h2-6,11-12,14H,7-10H2,1H3,(H,24,28). The number of hydrogen-bond donors (Lipinski definition) is 1. The van der Waals surface area contributed by atoms with Crippen molar-refractivity contribution in [3.8, 4) is 11.5 Å². The van der Waals surface area contributed by atoms with E-state index >= 15 is 0 Å². The minimum absolute atomic E-state index is 0.0583. The van der Waals surface area contributed by atoms with Gasteiger partial charge in [0.1, 0.15) is 5.82 Å². The molecule has 0 unspecified atom stereocenters. The van der Waals surface area contributed by atoms with Gasteiger partial charge in [-0.1, -0.05) is 22.8 Å². The van der Waals surface area contributed by atoms with Gasteiger partial charge >= 0.3 is 0 Å². The number of aromatic nitrogens is 2. The summed E-state index contributed by atoms with van der Waals surface area (Å²) in [4.78, 5) is 15.6. The second-order valence-corrected chi connectivity index (χ2v) is 9.81. The lowest BCUT2D eigenvalue weighted by Crippen LogP contribution is -2.38. The van der Waals surface area contributed by atoms with Crippen LogP contribution in [0.25, 0.3) is 11.5 Å². The van der Waals surface area contributed by atoms with Gasteiger partial charge < -0.3 is 9.84 Å². The van der Waals surface area contributed by atoms with Gasteiger partial charge in [-0.15, -0.1) is 0 Å². The first-order valence-electron chi connectivity index (χ1n) is 9.91. The number of benzene rings is 2. The number of carbonyl (C=O) groups is 1. The fourth-order valence-corrected chi connectivity index (χ4v) is 5.38. The third kappa shape index (κ3) is 4.67. The van der Waals surface area contributed by atoms with E-state index in [1.807, 2.05) is 0 Å². The van der Waals surface area contributed by atoms with E-state index in [9.17, 15) is 17.6 Å². The van der Waals surface area contributed by atoms with Crippen molar-refractivity contribution >= 4 is 33.2 Å². The van der Waals surface area contributed by atoms with Crippen LogP contribution in [0.15, 0.2) is 51.9 Å². The van der Waals surface area contributed by atoms with Crippen molar-refractivity contribution < 1.29 is 22.1 Å². The Labute approximate surface area is 189 Å². The fraction of sp³-hybridized carbons (Fsp3) is 0.286. The Hall–Kier alpha value is -2.82. The molecule has 11 heteroatoms. The zero-order chi connectivity index (χ0) is 22.9. The molecule has 1 aromatic heterocycles. The lowest BCUT2D eigenvalue weighted by atomic mass is 9.97. The number of piperidine rings is 1. The van der Waals surface area contributed by atoms with Crippen LogP contribution in [0.2, 0.25) is 5.02 Å². The van der Waals surface area contributed by atoms with Crippen LogP contribution in [0, 0.1) is 5.82 Å². The van der Waals surface area contributed by atoms with Gasteiger partial charge in [-0.2, -0.15) is 9.29 Å². The molecule has 0 spiro atoms. The van der Waals surface area contributed by atoms with Crippen LogP contribution >= 0.6 is 11.6 Å². The number of amides is 1. The number of sulfonamides is 1. The van der Waals surface area contributed by atoms with Crippen molar-refractivity contribution in [2.24, 2.45) is 0 Å². The van der Waals surface area contributed by atoms with Crippen molar-refractivity contribution in [3.63, 3.8) is 0 Å². The monoisotopic (exact) mass is 478 g/mol. The molecule has 2 aromatic carbocycles. The van der Waals surface area contributed by atoms with Crippen LogP contribution in [0.3, 0.4) is 0 Å². The molecule has 0 radical (unpaired) electrons. The summed E-state index contributed by atoms with van der Waals surface area (Å²) in [6, 6.07) is 10.1. The van der Waals surface area contributed by atoms with E-state index in [4.69, 9.17) is 16.1 Å². The van der Waals surface area contributed by atoms with Gasteiger partial charge in [0, 0.05) is 31.5 Å². The quantitative estimate of drug-likeness (QED) is 0.593. The minimum atomic E-state index is -3.75. The van der Waals surface area contributed by atoms with Crippen LogP contribution in [0.5, 0.6) is 0 Å². The Kier molecular flexibility index (Phi) is 6.27. The molecule has 1 N–H and O–H groups in total. The number of anilines is 1. The summed E-state index contributed by atoms with van der Waals surface area (Å²) in [6.45, 7) is 1.90. The molecular weight excluding hydrogens is 459 g/mol. The zero-order valence-electron chi connectivity index (χ0n) is 17.1. The molecule has 1 amide bonds. The molecule has 3 aromatic rings. The first-order valence-corrected chi connectivity index (χ1v) is 11.7. The van der Waals surface area contributed by atoms with Crippen LogP contribution in [-0.4, -0.2) is 41.9 Å². The predicted molar refractivity (Wildman–Crippen MR) is 116 cm³/mol. The topological polar surface area (TPSA) is 105 Å². The van der Waals surface area contributed by atoms with Crippen molar-refractivity contribution in [2.45, 2.75) is 30.6 Å². The predicted octanol–water partition coefficient (Wildman–Crippen LogP) is 4.06. The van der Waals surface area contributed by atoms with Gasteiger partial charge in [-0.25, -0.2) is 12.8 Å². The first-order chi connectivity index (χ1) is 15.2. The number of halogens is 2. The summed E-state index contributed by atoms with van der Waals surface area (Å²) in [7, 11) is -3.75. The van der Waals surface area contributed by atoms with Crippen LogP contribution in [-0.2, 0) is 14.8 Å². The third-order valence-corrected chi connectivity index (χ3v) is 7.43. The molecule has 4 rings (SSSR count). The first kappa shape index (κ1) is 22.4. The molecule has 32 heavy (non-hydrogen) atoms. The van der Waals surface area contributed by atoms with E-state index in [1.165, 1.54) is 41.6 Å². The molecule has 1 fully saturated rings. The normalized spacial score (nSPS) is 15.6. The van der Waals surface area contributed by atoms with Gasteiger partial charge in [0.05, 0.1) is 15.6 Å². The number of rotatable bonds is 5. The Bertz CT molecular complexity index is 1260. The molecule has 1 aliphatic heterocycles. The average molecular weight is 479 g/mol. The summed E-state index contributed by atoms with van der Waals surface area (Å²) in [5.74, 6) is -0.0664. The highest BCUT2D eigenvalue weighted by atomic mass is 35.5. The SMILES string of the molecule is CC(=O)Nc1ccc(S(=O)(=O)N2CCC(c3noc(-c4cccc(F)c4)n3)CC2)cc1Cl. The van der Waals surface area contributed by atoms with E-state index in [0.717, 1.165) is 0 Å². The van der Waals surface area contributed by atoms with E-state index in [0.29, 0.717) is 29.9 Å². The Morgan fingerprint density at radius 1 is 1.22 bits per heavy atom. The highest BCUT2D eigenvalue weighted by molar-refractivity contribution is 7.89. The smallest absolute Gasteiger partial charge is 0.258 e.